The lowest BCUT2D eigenvalue weighted by Gasteiger charge is -2.36. The normalized spacial score (nSPS) is 15.8. The molecule has 304 valence electrons. The lowest BCUT2D eigenvalue weighted by molar-refractivity contribution is -0.135. The van der Waals surface area contributed by atoms with E-state index in [2.05, 4.69) is 62.3 Å². The number of ether oxygens (including phenoxy) is 4. The Balaban J connectivity index is 0.00000600. The minimum Gasteiger partial charge on any atom is -0.378 e. The van der Waals surface area contributed by atoms with E-state index in [4.69, 9.17) is 46.1 Å². The Labute approximate surface area is 334 Å². The number of aromatic amines is 1. The molecule has 2 atom stereocenters. The first kappa shape index (κ1) is 42.6. The largest absolute Gasteiger partial charge is 0.378 e. The lowest BCUT2D eigenvalue weighted by Crippen LogP contribution is -2.51. The highest BCUT2D eigenvalue weighted by Gasteiger charge is 2.32. The van der Waals surface area contributed by atoms with Crippen LogP contribution >= 0.6 is 12.4 Å². The van der Waals surface area contributed by atoms with E-state index in [1.807, 2.05) is 29.3 Å². The van der Waals surface area contributed by atoms with Gasteiger partial charge in [-0.25, -0.2) is 4.68 Å². The number of anilines is 3. The molecule has 18 heteroatoms. The van der Waals surface area contributed by atoms with Gasteiger partial charge in [0.2, 0.25) is 23.8 Å². The number of carbonyl (C=O) groups excluding carboxylic acids is 1. The molecule has 2 fully saturated rings. The summed E-state index contributed by atoms with van der Waals surface area (Å²) in [4.78, 5) is 38.4. The second-order valence-electron chi connectivity index (χ2n) is 14.0. The van der Waals surface area contributed by atoms with E-state index in [0.29, 0.717) is 128 Å². The summed E-state index contributed by atoms with van der Waals surface area (Å²) in [5.41, 5.74) is 9.13. The third-order valence-corrected chi connectivity index (χ3v) is 9.48. The van der Waals surface area contributed by atoms with Crippen molar-refractivity contribution in [3.8, 4) is 12.3 Å². The Morgan fingerprint density at radius 3 is 2.34 bits per heavy atom. The predicted octanol–water partition coefficient (Wildman–Crippen LogP) is 2.48. The van der Waals surface area contributed by atoms with E-state index in [0.717, 1.165) is 23.0 Å². The van der Waals surface area contributed by atoms with Gasteiger partial charge in [-0.2, -0.15) is 15.0 Å². The molecule has 0 aliphatic carbocycles. The van der Waals surface area contributed by atoms with Crippen LogP contribution in [0.1, 0.15) is 43.7 Å². The second kappa shape index (κ2) is 21.7. The van der Waals surface area contributed by atoms with Crippen molar-refractivity contribution in [3.63, 3.8) is 0 Å². The zero-order valence-electron chi connectivity index (χ0n) is 32.3. The second-order valence-corrected chi connectivity index (χ2v) is 14.0. The first-order valence-electron chi connectivity index (χ1n) is 19.1. The fourth-order valence-electron chi connectivity index (χ4n) is 6.61. The summed E-state index contributed by atoms with van der Waals surface area (Å²) in [5.74, 6) is 4.42. The molecule has 0 bridgehead atoms. The number of hydrogen-bond acceptors (Lipinski definition) is 14. The Kier molecular flexibility index (Phi) is 16.5. The average molecular weight is 795 g/mol. The number of amides is 1. The Morgan fingerprint density at radius 2 is 1.64 bits per heavy atom. The number of morpholine rings is 1. The summed E-state index contributed by atoms with van der Waals surface area (Å²) < 4.78 is 23.7. The first-order chi connectivity index (χ1) is 26.9. The number of halogens is 1. The molecule has 0 unspecified atom stereocenters. The van der Waals surface area contributed by atoms with Crippen LogP contribution in [0, 0.1) is 18.3 Å². The molecule has 4 N–H and O–H groups in total. The fraction of sp³-hybridized carbons (Fsp3) is 0.579. The van der Waals surface area contributed by atoms with Crippen molar-refractivity contribution < 1.29 is 23.7 Å². The van der Waals surface area contributed by atoms with Crippen LogP contribution in [0.15, 0.2) is 36.5 Å². The van der Waals surface area contributed by atoms with Crippen molar-refractivity contribution >= 4 is 47.1 Å². The summed E-state index contributed by atoms with van der Waals surface area (Å²) >= 11 is 0. The molecule has 0 saturated carbocycles. The van der Waals surface area contributed by atoms with Crippen molar-refractivity contribution in [3.05, 3.63) is 47.9 Å². The Morgan fingerprint density at radius 1 is 0.964 bits per heavy atom. The van der Waals surface area contributed by atoms with Gasteiger partial charge in [-0.3, -0.25) is 4.79 Å². The molecule has 0 radical (unpaired) electrons. The molecule has 0 spiro atoms. The summed E-state index contributed by atoms with van der Waals surface area (Å²) in [7, 11) is 0. The summed E-state index contributed by atoms with van der Waals surface area (Å²) in [5, 5.41) is 13.2. The molecule has 17 nitrogen and oxygen atoms in total. The van der Waals surface area contributed by atoms with E-state index in [-0.39, 0.29) is 31.0 Å². The first-order valence-corrected chi connectivity index (χ1v) is 19.1. The van der Waals surface area contributed by atoms with Crippen molar-refractivity contribution in [2.45, 2.75) is 38.8 Å². The minimum absolute atomic E-state index is 0. The van der Waals surface area contributed by atoms with Crippen LogP contribution in [-0.4, -0.2) is 144 Å². The smallest absolute Gasteiger partial charge is 0.248 e. The molecular weight excluding hydrogens is 740 g/mol. The minimum atomic E-state index is -0.602. The number of nitrogens with one attached hydrogen (secondary N) is 2. The van der Waals surface area contributed by atoms with Gasteiger partial charge in [0.15, 0.2) is 0 Å². The maximum absolute atomic E-state index is 14.4. The molecule has 1 aromatic carbocycles. The van der Waals surface area contributed by atoms with Crippen molar-refractivity contribution in [1.82, 2.24) is 39.8 Å². The van der Waals surface area contributed by atoms with Crippen LogP contribution in [0.25, 0.3) is 10.9 Å². The number of benzene rings is 1. The van der Waals surface area contributed by atoms with Crippen molar-refractivity contribution in [2.24, 2.45) is 11.7 Å². The molecule has 6 rings (SSSR count). The number of aromatic nitrogens is 7. The molecule has 2 saturated heterocycles. The van der Waals surface area contributed by atoms with Gasteiger partial charge >= 0.3 is 0 Å². The number of H-pyrrole nitrogens is 1. The van der Waals surface area contributed by atoms with Crippen molar-refractivity contribution in [2.75, 3.05) is 114 Å². The van der Waals surface area contributed by atoms with Crippen LogP contribution in [0.5, 0.6) is 0 Å². The molecule has 2 aliphatic rings. The standard InChI is InChI=1S/C38H54N12O5.ClH/c1-4-16-52-20-22-55-23-21-53-17-9-40-36-42-37(44-38(43-36)49-14-18-54-19-15-49)48-12-10-47(11-13-48)35(51)34(26-30-25-29-7-5-6-8-32(29)41-30)50-27-33(45-46-50)31(39)24-28(2)3;/h1,5-8,25,27-28,31,34,41H,9-24,26,39H2,2-3H3,(H,40,42,43,44);1H/t31-,34+;/m0./s1. The lowest BCUT2D eigenvalue weighted by atomic mass is 10.0. The Bertz CT molecular complexity index is 1800. The van der Waals surface area contributed by atoms with Crippen LogP contribution < -0.4 is 20.9 Å². The quantitative estimate of drug-likeness (QED) is 0.0875. The number of rotatable bonds is 20. The molecule has 5 heterocycles. The summed E-state index contributed by atoms with van der Waals surface area (Å²) in [6.45, 7) is 12.0. The molecular formula is C38H55ClN12O5. The maximum Gasteiger partial charge on any atom is 0.248 e. The molecule has 2 aliphatic heterocycles. The van der Waals surface area contributed by atoms with E-state index in [9.17, 15) is 4.79 Å². The number of carbonyl (C=O) groups is 1. The number of hydrogen-bond donors (Lipinski definition) is 3. The number of piperazine rings is 1. The zero-order chi connectivity index (χ0) is 38.4. The SMILES string of the molecule is C#CCOCCOCCOCCNc1nc(N2CCOCC2)nc(N2CCN(C(=O)[C@@H](Cc3cc4ccccc4[nH]3)n3cc([C@@H](N)CC(C)C)nn3)CC2)n1.Cl. The van der Waals surface area contributed by atoms with Gasteiger partial charge < -0.3 is 49.7 Å². The fourth-order valence-corrected chi connectivity index (χ4v) is 6.61. The Hall–Kier alpha value is -4.57. The average Bonchev–Trinajstić information content (AvgIpc) is 3.87. The number of terminal acetylenes is 1. The third kappa shape index (κ3) is 12.0. The van der Waals surface area contributed by atoms with E-state index < -0.39 is 6.04 Å². The maximum atomic E-state index is 14.4. The summed E-state index contributed by atoms with van der Waals surface area (Å²) in [6, 6.07) is 9.33. The van der Waals surface area contributed by atoms with Gasteiger partial charge in [0.05, 0.1) is 64.2 Å². The van der Waals surface area contributed by atoms with E-state index in [1.165, 1.54) is 0 Å². The number of nitrogens with two attached hydrogens (primary N) is 1. The van der Waals surface area contributed by atoms with Gasteiger partial charge in [-0.15, -0.1) is 23.9 Å². The molecule has 1 amide bonds. The zero-order valence-corrected chi connectivity index (χ0v) is 33.2. The van der Waals surface area contributed by atoms with Crippen LogP contribution in [0.4, 0.5) is 17.8 Å². The molecule has 3 aromatic heterocycles. The van der Waals surface area contributed by atoms with Crippen LogP contribution in [0.2, 0.25) is 0 Å². The third-order valence-electron chi connectivity index (χ3n) is 9.48. The van der Waals surface area contributed by atoms with Crippen LogP contribution in [0.3, 0.4) is 0 Å². The molecule has 4 aromatic rings. The van der Waals surface area contributed by atoms with Gasteiger partial charge in [-0.1, -0.05) is 43.2 Å². The van der Waals surface area contributed by atoms with Gasteiger partial charge in [0.1, 0.15) is 12.6 Å². The number of fused-ring (bicyclic) bond motifs is 1. The van der Waals surface area contributed by atoms with Gasteiger partial charge in [0, 0.05) is 63.4 Å². The highest BCUT2D eigenvalue weighted by molar-refractivity contribution is 5.85. The topological polar surface area (TPSA) is 187 Å². The number of nitrogens with zero attached hydrogens (tertiary/aromatic N) is 9. The molecule has 56 heavy (non-hydrogen) atoms. The van der Waals surface area contributed by atoms with E-state index >= 15 is 0 Å². The van der Waals surface area contributed by atoms with Crippen molar-refractivity contribution in [1.29, 1.82) is 0 Å². The number of para-hydroxylation sites is 1. The highest BCUT2D eigenvalue weighted by Crippen LogP contribution is 2.25. The van der Waals surface area contributed by atoms with Gasteiger partial charge in [-0.05, 0) is 29.9 Å². The van der Waals surface area contributed by atoms with E-state index in [1.54, 1.807) is 4.68 Å². The van der Waals surface area contributed by atoms with Crippen LogP contribution in [-0.2, 0) is 30.2 Å². The van der Waals surface area contributed by atoms with Gasteiger partial charge in [0.25, 0.3) is 0 Å². The highest BCUT2D eigenvalue weighted by atomic mass is 35.5. The summed E-state index contributed by atoms with van der Waals surface area (Å²) in [6.07, 6.45) is 8.21. The predicted molar refractivity (Wildman–Crippen MR) is 216 cm³/mol. The monoisotopic (exact) mass is 794 g/mol.